The van der Waals surface area contributed by atoms with Crippen LogP contribution in [0.25, 0.3) is 0 Å². The molecule has 0 bridgehead atoms. The van der Waals surface area contributed by atoms with Crippen molar-refractivity contribution in [3.8, 4) is 0 Å². The van der Waals surface area contributed by atoms with E-state index in [1.165, 1.54) is 0 Å². The van der Waals surface area contributed by atoms with Crippen LogP contribution in [0, 0.1) is 0 Å². The Hall–Kier alpha value is -1.55. The number of Topliss-reactive ketones (excluding diaryl/α,β-unsaturated/α-hetero) is 1. The highest BCUT2D eigenvalue weighted by Gasteiger charge is 2.03. The second kappa shape index (κ2) is 19.2. The normalized spacial score (nSPS) is 10.6. The summed E-state index contributed by atoms with van der Waals surface area (Å²) < 4.78 is 20.7. The number of hydrogen-bond acceptors (Lipinski definition) is 7. The lowest BCUT2D eigenvalue weighted by molar-refractivity contribution is -0.127. The molecule has 27 heavy (non-hydrogen) atoms. The lowest BCUT2D eigenvalue weighted by Crippen LogP contribution is -2.31. The Morgan fingerprint density at radius 1 is 0.704 bits per heavy atom. The molecule has 0 heterocycles. The van der Waals surface area contributed by atoms with Gasteiger partial charge in [0.05, 0.1) is 33.0 Å². The van der Waals surface area contributed by atoms with E-state index in [1.807, 2.05) is 6.92 Å². The number of nitrogens with one attached hydrogen (secondary N) is 2. The van der Waals surface area contributed by atoms with Crippen molar-refractivity contribution in [1.29, 1.82) is 0 Å². The first-order valence-electron chi connectivity index (χ1n) is 9.46. The zero-order chi connectivity index (χ0) is 20.2. The second-order valence-corrected chi connectivity index (χ2v) is 5.61. The molecule has 0 aliphatic rings. The van der Waals surface area contributed by atoms with Crippen LogP contribution < -0.4 is 10.6 Å². The lowest BCUT2D eigenvalue weighted by atomic mass is 10.2. The van der Waals surface area contributed by atoms with Crippen LogP contribution in [0.3, 0.4) is 0 Å². The molecule has 0 aromatic carbocycles. The van der Waals surface area contributed by atoms with Gasteiger partial charge in [-0.25, -0.2) is 0 Å². The quantitative estimate of drug-likeness (QED) is 0.300. The Morgan fingerprint density at radius 3 is 2.04 bits per heavy atom. The van der Waals surface area contributed by atoms with E-state index in [0.717, 1.165) is 0 Å². The van der Waals surface area contributed by atoms with Crippen molar-refractivity contribution in [2.75, 3.05) is 65.9 Å². The fourth-order valence-corrected chi connectivity index (χ4v) is 1.86. The minimum absolute atomic E-state index is 0.000418. The van der Waals surface area contributed by atoms with Crippen LogP contribution in [-0.2, 0) is 33.3 Å². The molecule has 0 aliphatic carbocycles. The molecule has 0 unspecified atom stereocenters. The smallest absolute Gasteiger partial charge is 0.246 e. The van der Waals surface area contributed by atoms with Gasteiger partial charge in [0.2, 0.25) is 11.8 Å². The van der Waals surface area contributed by atoms with Gasteiger partial charge in [0.15, 0.2) is 5.78 Å². The lowest BCUT2D eigenvalue weighted by Gasteiger charge is -2.08. The molecule has 0 aromatic heterocycles. The minimum atomic E-state index is -0.202. The molecule has 2 amide bonds. The van der Waals surface area contributed by atoms with E-state index < -0.39 is 0 Å². The second-order valence-electron chi connectivity index (χ2n) is 5.61. The van der Waals surface area contributed by atoms with Crippen molar-refractivity contribution in [2.24, 2.45) is 0 Å². The predicted molar refractivity (Wildman–Crippen MR) is 99.5 cm³/mol. The van der Waals surface area contributed by atoms with Crippen molar-refractivity contribution in [3.05, 3.63) is 0 Å². The zero-order valence-corrected chi connectivity index (χ0v) is 16.6. The standard InChI is InChI=1S/C18H34N2O7/c1-3-17(22)19-7-5-6-16(21)14-26-13-11-25-9-8-20-18(23)15-27-12-10-24-4-2/h3-15H2,1-2H3,(H,19,22)(H,20,23). The van der Waals surface area contributed by atoms with E-state index in [-0.39, 0.29) is 30.8 Å². The highest BCUT2D eigenvalue weighted by atomic mass is 16.5. The largest absolute Gasteiger partial charge is 0.379 e. The molecule has 0 fully saturated rings. The molecule has 2 N–H and O–H groups in total. The van der Waals surface area contributed by atoms with Crippen molar-refractivity contribution >= 4 is 17.6 Å². The first kappa shape index (κ1) is 25.4. The fourth-order valence-electron chi connectivity index (χ4n) is 1.86. The third kappa shape index (κ3) is 19.0. The van der Waals surface area contributed by atoms with E-state index in [9.17, 15) is 14.4 Å². The maximum Gasteiger partial charge on any atom is 0.246 e. The summed E-state index contributed by atoms with van der Waals surface area (Å²) in [6.07, 6.45) is 1.44. The van der Waals surface area contributed by atoms with Crippen LogP contribution in [0.2, 0.25) is 0 Å². The van der Waals surface area contributed by atoms with E-state index in [4.69, 9.17) is 18.9 Å². The zero-order valence-electron chi connectivity index (χ0n) is 16.6. The van der Waals surface area contributed by atoms with Gasteiger partial charge in [0.1, 0.15) is 13.2 Å². The molecule has 0 saturated heterocycles. The number of amides is 2. The summed E-state index contributed by atoms with van der Waals surface area (Å²) in [5, 5.41) is 5.38. The van der Waals surface area contributed by atoms with Gasteiger partial charge in [-0.1, -0.05) is 6.92 Å². The van der Waals surface area contributed by atoms with Gasteiger partial charge in [0.25, 0.3) is 0 Å². The molecule has 0 aromatic rings. The van der Waals surface area contributed by atoms with E-state index >= 15 is 0 Å². The van der Waals surface area contributed by atoms with Gasteiger partial charge >= 0.3 is 0 Å². The van der Waals surface area contributed by atoms with Crippen molar-refractivity contribution in [3.63, 3.8) is 0 Å². The average molecular weight is 390 g/mol. The van der Waals surface area contributed by atoms with Gasteiger partial charge in [-0.3, -0.25) is 14.4 Å². The third-order valence-corrected chi connectivity index (χ3v) is 3.29. The number of carbonyl (C=O) groups is 3. The highest BCUT2D eigenvalue weighted by Crippen LogP contribution is 1.92. The summed E-state index contributed by atoms with van der Waals surface area (Å²) >= 11 is 0. The van der Waals surface area contributed by atoms with Gasteiger partial charge in [0, 0.05) is 32.5 Å². The molecule has 158 valence electrons. The Bertz CT molecular complexity index is 405. The number of ether oxygens (including phenoxy) is 4. The summed E-state index contributed by atoms with van der Waals surface area (Å²) in [4.78, 5) is 34.0. The molecule has 0 rings (SSSR count). The molecule has 9 nitrogen and oxygen atoms in total. The Kier molecular flexibility index (Phi) is 18.1. The molecule has 0 atom stereocenters. The fraction of sp³-hybridized carbons (Fsp3) is 0.833. The molecule has 0 aliphatic heterocycles. The maximum absolute atomic E-state index is 11.6. The molecule has 9 heteroatoms. The number of ketones is 1. The SMILES string of the molecule is CCOCCOCC(=O)NCCOCCOCC(=O)CCCNC(=O)CC. The van der Waals surface area contributed by atoms with E-state index in [2.05, 4.69) is 10.6 Å². The highest BCUT2D eigenvalue weighted by molar-refractivity contribution is 5.79. The van der Waals surface area contributed by atoms with E-state index in [1.54, 1.807) is 6.92 Å². The molecular weight excluding hydrogens is 356 g/mol. The molecule has 0 spiro atoms. The summed E-state index contributed by atoms with van der Waals surface area (Å²) in [6.45, 7) is 7.13. The first-order chi connectivity index (χ1) is 13.1. The minimum Gasteiger partial charge on any atom is -0.379 e. The topological polar surface area (TPSA) is 112 Å². The Balaban J connectivity index is 3.31. The Labute approximate surface area is 161 Å². The van der Waals surface area contributed by atoms with Gasteiger partial charge < -0.3 is 29.6 Å². The number of carbonyl (C=O) groups excluding carboxylic acids is 3. The summed E-state index contributed by atoms with van der Waals surface area (Å²) in [5.41, 5.74) is 0. The third-order valence-electron chi connectivity index (χ3n) is 3.29. The number of hydrogen-bond donors (Lipinski definition) is 2. The van der Waals surface area contributed by atoms with Crippen LogP contribution >= 0.6 is 0 Å². The van der Waals surface area contributed by atoms with Crippen LogP contribution in [0.15, 0.2) is 0 Å². The van der Waals surface area contributed by atoms with Gasteiger partial charge in [-0.15, -0.1) is 0 Å². The van der Waals surface area contributed by atoms with Crippen LogP contribution in [0.5, 0.6) is 0 Å². The molecule has 0 radical (unpaired) electrons. The number of rotatable bonds is 19. The monoisotopic (exact) mass is 390 g/mol. The van der Waals surface area contributed by atoms with Crippen LogP contribution in [0.1, 0.15) is 33.1 Å². The first-order valence-corrected chi connectivity index (χ1v) is 9.46. The summed E-state index contributed by atoms with van der Waals surface area (Å²) in [7, 11) is 0. The van der Waals surface area contributed by atoms with E-state index in [0.29, 0.717) is 72.0 Å². The van der Waals surface area contributed by atoms with Crippen molar-refractivity contribution in [1.82, 2.24) is 10.6 Å². The molecule has 0 saturated carbocycles. The predicted octanol–water partition coefficient (Wildman–Crippen LogP) is 0.0644. The van der Waals surface area contributed by atoms with Crippen LogP contribution in [-0.4, -0.2) is 83.5 Å². The summed E-state index contributed by atoms with van der Waals surface area (Å²) in [6, 6.07) is 0. The summed E-state index contributed by atoms with van der Waals surface area (Å²) in [5.74, 6) is -0.217. The van der Waals surface area contributed by atoms with Crippen molar-refractivity contribution in [2.45, 2.75) is 33.1 Å². The molecular formula is C18H34N2O7. The van der Waals surface area contributed by atoms with Gasteiger partial charge in [-0.2, -0.15) is 0 Å². The Morgan fingerprint density at radius 2 is 1.33 bits per heavy atom. The average Bonchev–Trinajstić information content (AvgIpc) is 2.66. The van der Waals surface area contributed by atoms with Crippen molar-refractivity contribution < 1.29 is 33.3 Å². The maximum atomic E-state index is 11.6. The van der Waals surface area contributed by atoms with Gasteiger partial charge in [-0.05, 0) is 13.3 Å². The van der Waals surface area contributed by atoms with Crippen LogP contribution in [0.4, 0.5) is 0 Å².